The van der Waals surface area contributed by atoms with Crippen LogP contribution in [0.3, 0.4) is 0 Å². The Morgan fingerprint density at radius 2 is 1.52 bits per heavy atom. The summed E-state index contributed by atoms with van der Waals surface area (Å²) in [5.74, 6) is -0.258. The fourth-order valence-electron chi connectivity index (χ4n) is 4.34. The molecule has 3 rings (SSSR count). The summed E-state index contributed by atoms with van der Waals surface area (Å²) in [4.78, 5) is 27.3. The fourth-order valence-corrected chi connectivity index (χ4v) is 5.36. The number of sulfonamides is 1. The van der Waals surface area contributed by atoms with E-state index in [4.69, 9.17) is 4.74 Å². The molecule has 0 aromatic heterocycles. The number of carbonyl (C=O) groups excluding carboxylic acids is 2. The first kappa shape index (κ1) is 25.6. The van der Waals surface area contributed by atoms with Gasteiger partial charge in [0.25, 0.3) is 5.91 Å². The molecule has 1 aliphatic heterocycles. The summed E-state index contributed by atoms with van der Waals surface area (Å²) < 4.78 is 32.4. The highest BCUT2D eigenvalue weighted by atomic mass is 32.2. The summed E-state index contributed by atoms with van der Waals surface area (Å²) in [6, 6.07) is 6.85. The van der Waals surface area contributed by atoms with Crippen molar-refractivity contribution in [3.8, 4) is 0 Å². The minimum absolute atomic E-state index is 0.00937. The van der Waals surface area contributed by atoms with Crippen LogP contribution in [0.25, 0.3) is 0 Å². The van der Waals surface area contributed by atoms with Crippen molar-refractivity contribution in [3.05, 3.63) is 29.8 Å². The van der Waals surface area contributed by atoms with Crippen LogP contribution in [0.1, 0.15) is 70.7 Å². The Labute approximate surface area is 197 Å². The first-order chi connectivity index (χ1) is 15.4. The lowest BCUT2D eigenvalue weighted by Gasteiger charge is -2.35. The predicted molar refractivity (Wildman–Crippen MR) is 129 cm³/mol. The smallest absolute Gasteiger partial charge is 0.254 e. The Morgan fingerprint density at radius 1 is 0.970 bits per heavy atom. The average molecular weight is 480 g/mol. The van der Waals surface area contributed by atoms with Gasteiger partial charge >= 0.3 is 0 Å². The monoisotopic (exact) mass is 479 g/mol. The molecular weight excluding hydrogens is 442 g/mol. The molecule has 33 heavy (non-hydrogen) atoms. The highest BCUT2D eigenvalue weighted by Gasteiger charge is 2.34. The van der Waals surface area contributed by atoms with Crippen LogP contribution in [-0.2, 0) is 19.6 Å². The number of ether oxygens (including phenoxy) is 1. The van der Waals surface area contributed by atoms with Crippen molar-refractivity contribution in [2.75, 3.05) is 18.4 Å². The number of nitrogens with zero attached hydrogens (tertiary/aromatic N) is 1. The van der Waals surface area contributed by atoms with Crippen molar-refractivity contribution >= 4 is 27.5 Å². The summed E-state index contributed by atoms with van der Waals surface area (Å²) in [6.07, 6.45) is 2.56. The molecule has 2 aliphatic rings. The number of hydrogen-bond donors (Lipinski definition) is 2. The van der Waals surface area contributed by atoms with E-state index in [0.29, 0.717) is 50.0 Å². The fraction of sp³-hybridized carbons (Fsp3) is 0.667. The molecule has 1 saturated heterocycles. The maximum atomic E-state index is 12.8. The third kappa shape index (κ3) is 6.55. The second-order valence-electron chi connectivity index (χ2n) is 10.3. The summed E-state index contributed by atoms with van der Waals surface area (Å²) >= 11 is 0. The van der Waals surface area contributed by atoms with Gasteiger partial charge in [-0.05, 0) is 84.6 Å². The number of nitrogens with one attached hydrogen (secondary N) is 2. The molecule has 2 amide bonds. The molecule has 0 bridgehead atoms. The lowest BCUT2D eigenvalue weighted by Crippen LogP contribution is -2.48. The Balaban J connectivity index is 1.51. The molecule has 1 aliphatic carbocycles. The molecule has 1 aromatic carbocycles. The van der Waals surface area contributed by atoms with Crippen LogP contribution in [0.5, 0.6) is 0 Å². The number of rotatable bonds is 5. The summed E-state index contributed by atoms with van der Waals surface area (Å²) in [5, 5.41) is 2.94. The lowest BCUT2D eigenvalue weighted by atomic mass is 9.86. The second-order valence-corrected chi connectivity index (χ2v) is 12.8. The molecule has 1 saturated carbocycles. The van der Waals surface area contributed by atoms with E-state index in [1.54, 1.807) is 49.9 Å². The van der Waals surface area contributed by atoms with E-state index in [0.717, 1.165) is 0 Å². The van der Waals surface area contributed by atoms with E-state index < -0.39 is 14.8 Å². The van der Waals surface area contributed by atoms with Gasteiger partial charge in [-0.25, -0.2) is 13.1 Å². The van der Waals surface area contributed by atoms with E-state index in [-0.39, 0.29) is 36.0 Å². The minimum Gasteiger partial charge on any atom is -0.372 e. The molecule has 2 fully saturated rings. The van der Waals surface area contributed by atoms with Gasteiger partial charge in [0.2, 0.25) is 15.9 Å². The first-order valence-electron chi connectivity index (χ1n) is 11.7. The minimum atomic E-state index is -3.40. The van der Waals surface area contributed by atoms with Crippen LogP contribution in [0, 0.1) is 5.92 Å². The Morgan fingerprint density at radius 3 is 2.03 bits per heavy atom. The molecule has 0 spiro atoms. The van der Waals surface area contributed by atoms with E-state index in [1.165, 1.54) is 0 Å². The normalized spacial score (nSPS) is 26.6. The van der Waals surface area contributed by atoms with E-state index in [1.807, 2.05) is 13.8 Å². The van der Waals surface area contributed by atoms with Gasteiger partial charge in [0.1, 0.15) is 0 Å². The topological polar surface area (TPSA) is 105 Å². The predicted octanol–water partition coefficient (Wildman–Crippen LogP) is 3.15. The maximum Gasteiger partial charge on any atom is 0.254 e. The van der Waals surface area contributed by atoms with Crippen molar-refractivity contribution in [2.45, 2.75) is 83.3 Å². The highest BCUT2D eigenvalue weighted by Crippen LogP contribution is 2.27. The second kappa shape index (κ2) is 10.1. The van der Waals surface area contributed by atoms with Gasteiger partial charge in [0, 0.05) is 36.3 Å². The van der Waals surface area contributed by atoms with Crippen LogP contribution in [0.2, 0.25) is 0 Å². The molecule has 0 radical (unpaired) electrons. The standard InChI is InChI=1S/C24H37N3O5S/c1-16-14-27(15-17(2)32-16)23(29)19-8-10-20(11-9-19)25-22(28)18-6-12-21(13-7-18)26-33(30,31)24(3,4)5/h8-11,16-18,21,26H,6-7,12-15H2,1-5H3,(H,25,28)/t16-,17+,18?,21?. The van der Waals surface area contributed by atoms with Crippen LogP contribution in [0.4, 0.5) is 5.69 Å². The zero-order chi connectivity index (χ0) is 24.4. The molecule has 9 heteroatoms. The average Bonchev–Trinajstić information content (AvgIpc) is 2.72. The molecule has 1 aromatic rings. The number of morpholine rings is 1. The molecule has 1 heterocycles. The van der Waals surface area contributed by atoms with Gasteiger partial charge in [0.05, 0.1) is 17.0 Å². The third-order valence-corrected chi connectivity index (χ3v) is 8.59. The Kier molecular flexibility index (Phi) is 7.86. The number of hydrogen-bond acceptors (Lipinski definition) is 5. The van der Waals surface area contributed by atoms with Crippen LogP contribution >= 0.6 is 0 Å². The quantitative estimate of drug-likeness (QED) is 0.675. The molecule has 2 atom stereocenters. The van der Waals surface area contributed by atoms with Crippen LogP contribution < -0.4 is 10.0 Å². The van der Waals surface area contributed by atoms with E-state index in [2.05, 4.69) is 10.0 Å². The van der Waals surface area contributed by atoms with E-state index in [9.17, 15) is 18.0 Å². The van der Waals surface area contributed by atoms with E-state index >= 15 is 0 Å². The molecule has 2 N–H and O–H groups in total. The zero-order valence-electron chi connectivity index (χ0n) is 20.3. The van der Waals surface area contributed by atoms with Gasteiger partial charge < -0.3 is 15.0 Å². The molecule has 184 valence electrons. The van der Waals surface area contributed by atoms with Gasteiger partial charge in [0.15, 0.2) is 0 Å². The van der Waals surface area contributed by atoms with Crippen molar-refractivity contribution in [2.24, 2.45) is 5.92 Å². The Hall–Kier alpha value is -1.97. The van der Waals surface area contributed by atoms with Crippen molar-refractivity contribution in [1.29, 1.82) is 0 Å². The van der Waals surface area contributed by atoms with Gasteiger partial charge in [-0.3, -0.25) is 9.59 Å². The largest absolute Gasteiger partial charge is 0.372 e. The van der Waals surface area contributed by atoms with Crippen molar-refractivity contribution in [3.63, 3.8) is 0 Å². The summed E-state index contributed by atoms with van der Waals surface area (Å²) in [7, 11) is -3.40. The molecule has 0 unspecified atom stereocenters. The molecular formula is C24H37N3O5S. The summed E-state index contributed by atoms with van der Waals surface area (Å²) in [6.45, 7) is 10.1. The zero-order valence-corrected chi connectivity index (χ0v) is 21.1. The third-order valence-electron chi connectivity index (χ3n) is 6.33. The first-order valence-corrected chi connectivity index (χ1v) is 13.2. The van der Waals surface area contributed by atoms with Crippen LogP contribution in [-0.4, -0.2) is 61.2 Å². The van der Waals surface area contributed by atoms with Gasteiger partial charge in [-0.2, -0.15) is 0 Å². The number of amides is 2. The molecule has 8 nitrogen and oxygen atoms in total. The van der Waals surface area contributed by atoms with Crippen molar-refractivity contribution < 1.29 is 22.7 Å². The SMILES string of the molecule is C[C@@H]1CN(C(=O)c2ccc(NC(=O)C3CCC(NS(=O)(=O)C(C)(C)C)CC3)cc2)C[C@H](C)O1. The van der Waals surface area contributed by atoms with Gasteiger partial charge in [-0.1, -0.05) is 0 Å². The highest BCUT2D eigenvalue weighted by molar-refractivity contribution is 7.90. The Bertz CT molecular complexity index is 937. The maximum absolute atomic E-state index is 12.8. The van der Waals surface area contributed by atoms with Gasteiger partial charge in [-0.15, -0.1) is 0 Å². The number of carbonyl (C=O) groups is 2. The van der Waals surface area contributed by atoms with Crippen molar-refractivity contribution in [1.82, 2.24) is 9.62 Å². The number of anilines is 1. The number of benzene rings is 1. The summed E-state index contributed by atoms with van der Waals surface area (Å²) in [5.41, 5.74) is 1.23. The van der Waals surface area contributed by atoms with Crippen LogP contribution in [0.15, 0.2) is 24.3 Å². The lowest BCUT2D eigenvalue weighted by molar-refractivity contribution is -0.120.